The number of carbonyl (C=O) groups excluding carboxylic acids is 1. The highest BCUT2D eigenvalue weighted by Crippen LogP contribution is 2.30. The van der Waals surface area contributed by atoms with Gasteiger partial charge in [-0.25, -0.2) is 4.79 Å². The molecule has 18 heavy (non-hydrogen) atoms. The third kappa shape index (κ3) is 3.06. The van der Waals surface area contributed by atoms with Gasteiger partial charge in [-0.15, -0.1) is 10.2 Å². The van der Waals surface area contributed by atoms with Crippen molar-refractivity contribution in [1.82, 2.24) is 10.2 Å². The first-order chi connectivity index (χ1) is 8.74. The van der Waals surface area contributed by atoms with Gasteiger partial charge in [0.15, 0.2) is 8.68 Å². The van der Waals surface area contributed by atoms with Crippen LogP contribution in [0.4, 0.5) is 0 Å². The number of aromatic nitrogens is 2. The van der Waals surface area contributed by atoms with Crippen molar-refractivity contribution < 1.29 is 13.9 Å². The maximum Gasteiger partial charge on any atom is 0.341 e. The van der Waals surface area contributed by atoms with Crippen molar-refractivity contribution in [1.29, 1.82) is 0 Å². The monoisotopic (exact) mass is 302 g/mol. The van der Waals surface area contributed by atoms with Gasteiger partial charge in [0.25, 0.3) is 0 Å². The van der Waals surface area contributed by atoms with Crippen molar-refractivity contribution in [2.45, 2.75) is 14.4 Å². The fourth-order valence-electron chi connectivity index (χ4n) is 1.21. The van der Waals surface area contributed by atoms with Crippen LogP contribution in [0.5, 0.6) is 0 Å². The first kappa shape index (κ1) is 13.4. The molecule has 0 aliphatic carbocycles. The zero-order valence-electron chi connectivity index (χ0n) is 9.71. The summed E-state index contributed by atoms with van der Waals surface area (Å²) in [7, 11) is 1.35. The average molecular weight is 302 g/mol. The number of hydrogen-bond donors (Lipinski definition) is 0. The highest BCUT2D eigenvalue weighted by Gasteiger charge is 2.16. The van der Waals surface area contributed by atoms with Gasteiger partial charge in [0.2, 0.25) is 0 Å². The SMILES string of the molecule is COC(=O)c1ccoc1CSc1nnc(SC)s1. The number of carbonyl (C=O) groups is 1. The second-order valence-corrected chi connectivity index (χ2v) is 6.33. The molecule has 0 aliphatic rings. The summed E-state index contributed by atoms with van der Waals surface area (Å²) in [4.78, 5) is 11.4. The number of nitrogens with zero attached hydrogens (tertiary/aromatic N) is 2. The molecule has 2 rings (SSSR count). The molecule has 8 heteroatoms. The van der Waals surface area contributed by atoms with E-state index in [-0.39, 0.29) is 5.97 Å². The minimum atomic E-state index is -0.388. The summed E-state index contributed by atoms with van der Waals surface area (Å²) in [5.41, 5.74) is 0.458. The standard InChI is InChI=1S/C10H10N2O3S3/c1-14-8(13)6-3-4-15-7(6)5-17-10-12-11-9(16-2)18-10/h3-4H,5H2,1-2H3. The van der Waals surface area contributed by atoms with E-state index >= 15 is 0 Å². The van der Waals surface area contributed by atoms with Crippen LogP contribution in [0.3, 0.4) is 0 Å². The quantitative estimate of drug-likeness (QED) is 0.621. The maximum absolute atomic E-state index is 11.4. The van der Waals surface area contributed by atoms with Crippen molar-refractivity contribution in [2.75, 3.05) is 13.4 Å². The average Bonchev–Trinajstić information content (AvgIpc) is 3.03. The van der Waals surface area contributed by atoms with Crippen LogP contribution in [0.15, 0.2) is 25.4 Å². The van der Waals surface area contributed by atoms with E-state index in [9.17, 15) is 4.79 Å². The van der Waals surface area contributed by atoms with Crippen LogP contribution < -0.4 is 0 Å². The summed E-state index contributed by atoms with van der Waals surface area (Å²) in [6.07, 6.45) is 3.44. The van der Waals surface area contributed by atoms with Crippen LogP contribution in [0.2, 0.25) is 0 Å². The van der Waals surface area contributed by atoms with Crippen LogP contribution in [0.25, 0.3) is 0 Å². The molecule has 2 heterocycles. The highest BCUT2D eigenvalue weighted by atomic mass is 32.2. The Kier molecular flexibility index (Phi) is 4.67. The predicted molar refractivity (Wildman–Crippen MR) is 71.3 cm³/mol. The molecule has 96 valence electrons. The zero-order chi connectivity index (χ0) is 13.0. The number of hydrogen-bond acceptors (Lipinski definition) is 8. The van der Waals surface area contributed by atoms with Crippen molar-refractivity contribution >= 4 is 40.8 Å². The third-order valence-corrected chi connectivity index (χ3v) is 5.07. The Bertz CT molecular complexity index is 538. The van der Waals surface area contributed by atoms with Gasteiger partial charge in [0, 0.05) is 0 Å². The summed E-state index contributed by atoms with van der Waals surface area (Å²) < 4.78 is 11.7. The number of ether oxygens (including phenoxy) is 1. The number of methoxy groups -OCH3 is 1. The lowest BCUT2D eigenvalue weighted by Gasteiger charge is -1.98. The van der Waals surface area contributed by atoms with E-state index in [1.165, 1.54) is 36.5 Å². The highest BCUT2D eigenvalue weighted by molar-refractivity contribution is 8.02. The smallest absolute Gasteiger partial charge is 0.341 e. The van der Waals surface area contributed by atoms with Gasteiger partial charge in [-0.05, 0) is 12.3 Å². The van der Waals surface area contributed by atoms with Gasteiger partial charge < -0.3 is 9.15 Å². The molecule has 0 unspecified atom stereocenters. The molecule has 0 aromatic carbocycles. The Balaban J connectivity index is 2.02. The van der Waals surface area contributed by atoms with Crippen LogP contribution in [0, 0.1) is 0 Å². The van der Waals surface area contributed by atoms with Gasteiger partial charge in [-0.2, -0.15) is 0 Å². The molecule has 0 bridgehead atoms. The second kappa shape index (κ2) is 6.26. The Morgan fingerprint density at radius 3 is 2.94 bits per heavy atom. The van der Waals surface area contributed by atoms with Crippen molar-refractivity contribution in [3.05, 3.63) is 23.7 Å². The summed E-state index contributed by atoms with van der Waals surface area (Å²) in [5.74, 6) is 0.731. The Morgan fingerprint density at radius 2 is 2.28 bits per heavy atom. The number of furan rings is 1. The molecule has 0 fully saturated rings. The van der Waals surface area contributed by atoms with E-state index in [2.05, 4.69) is 14.9 Å². The minimum Gasteiger partial charge on any atom is -0.468 e. The fourth-order valence-corrected chi connectivity index (χ4v) is 3.60. The summed E-state index contributed by atoms with van der Waals surface area (Å²) >= 11 is 4.57. The number of rotatable bonds is 5. The third-order valence-electron chi connectivity index (χ3n) is 2.04. The molecule has 2 aromatic rings. The van der Waals surface area contributed by atoms with Gasteiger partial charge >= 0.3 is 5.97 Å². The second-order valence-electron chi connectivity index (χ2n) is 3.08. The molecular formula is C10H10N2O3S3. The van der Waals surface area contributed by atoms with E-state index in [4.69, 9.17) is 4.42 Å². The van der Waals surface area contributed by atoms with E-state index in [1.807, 2.05) is 6.26 Å². The molecule has 5 nitrogen and oxygen atoms in total. The normalized spacial score (nSPS) is 10.6. The van der Waals surface area contributed by atoms with Crippen LogP contribution >= 0.6 is 34.9 Å². The van der Waals surface area contributed by atoms with E-state index in [0.717, 1.165) is 8.68 Å². The Labute approximate surface area is 116 Å². The maximum atomic E-state index is 11.4. The lowest BCUT2D eigenvalue weighted by atomic mass is 10.3. The van der Waals surface area contributed by atoms with Crippen molar-refractivity contribution in [2.24, 2.45) is 0 Å². The summed E-state index contributed by atoms with van der Waals surface area (Å²) in [6, 6.07) is 1.61. The molecule has 0 spiro atoms. The molecule has 0 N–H and O–H groups in total. The van der Waals surface area contributed by atoms with Gasteiger partial charge in [0.05, 0.1) is 19.1 Å². The fraction of sp³-hybridized carbons (Fsp3) is 0.300. The molecule has 0 aliphatic heterocycles. The molecule has 0 saturated carbocycles. The van der Waals surface area contributed by atoms with E-state index in [1.54, 1.807) is 17.8 Å². The summed E-state index contributed by atoms with van der Waals surface area (Å²) in [6.45, 7) is 0. The van der Waals surface area contributed by atoms with Crippen LogP contribution in [-0.2, 0) is 10.5 Å². The number of esters is 1. The van der Waals surface area contributed by atoms with Crippen LogP contribution in [-0.4, -0.2) is 29.5 Å². The Hall–Kier alpha value is -0.990. The Morgan fingerprint density at radius 1 is 1.50 bits per heavy atom. The minimum absolute atomic E-state index is 0.388. The van der Waals surface area contributed by atoms with Crippen molar-refractivity contribution in [3.63, 3.8) is 0 Å². The largest absolute Gasteiger partial charge is 0.468 e. The summed E-state index contributed by atoms with van der Waals surface area (Å²) in [5, 5.41) is 8.03. The topological polar surface area (TPSA) is 65.2 Å². The van der Waals surface area contributed by atoms with E-state index < -0.39 is 0 Å². The molecule has 0 atom stereocenters. The number of thioether (sulfide) groups is 2. The van der Waals surface area contributed by atoms with E-state index in [0.29, 0.717) is 17.1 Å². The molecule has 0 saturated heterocycles. The molecule has 2 aromatic heterocycles. The first-order valence-electron chi connectivity index (χ1n) is 4.89. The molecule has 0 radical (unpaired) electrons. The zero-order valence-corrected chi connectivity index (χ0v) is 12.2. The van der Waals surface area contributed by atoms with Gasteiger partial charge in [-0.3, -0.25) is 0 Å². The molecule has 0 amide bonds. The van der Waals surface area contributed by atoms with Gasteiger partial charge in [0.1, 0.15) is 11.3 Å². The first-order valence-corrected chi connectivity index (χ1v) is 7.92. The molecular weight excluding hydrogens is 292 g/mol. The predicted octanol–water partition coefficient (Wildman–Crippen LogP) is 2.93. The lowest BCUT2D eigenvalue weighted by Crippen LogP contribution is -2.02. The van der Waals surface area contributed by atoms with Crippen LogP contribution in [0.1, 0.15) is 16.1 Å². The lowest BCUT2D eigenvalue weighted by molar-refractivity contribution is 0.0598. The van der Waals surface area contributed by atoms with Gasteiger partial charge in [-0.1, -0.05) is 34.9 Å². The van der Waals surface area contributed by atoms with Crippen molar-refractivity contribution in [3.8, 4) is 0 Å².